The number of methoxy groups -OCH3 is 1. The number of benzene rings is 1. The van der Waals surface area contributed by atoms with Crippen LogP contribution in [0.3, 0.4) is 0 Å². The molecule has 6 heteroatoms. The molecule has 1 heterocycles. The van der Waals surface area contributed by atoms with Gasteiger partial charge in [-0.1, -0.05) is 6.07 Å². The maximum atomic E-state index is 12.5. The third kappa shape index (κ3) is 3.22. The van der Waals surface area contributed by atoms with E-state index in [4.69, 9.17) is 4.74 Å². The van der Waals surface area contributed by atoms with Crippen LogP contribution in [0.4, 0.5) is 5.69 Å². The van der Waals surface area contributed by atoms with E-state index in [1.165, 1.54) is 5.56 Å². The fourth-order valence-electron chi connectivity index (χ4n) is 3.16. The van der Waals surface area contributed by atoms with E-state index in [0.29, 0.717) is 4.90 Å². The summed E-state index contributed by atoms with van der Waals surface area (Å²) in [6.45, 7) is 0.905. The monoisotopic (exact) mass is 310 g/mol. The second-order valence-electron chi connectivity index (χ2n) is 5.84. The summed E-state index contributed by atoms with van der Waals surface area (Å²) >= 11 is 0. The predicted molar refractivity (Wildman–Crippen MR) is 82.0 cm³/mol. The van der Waals surface area contributed by atoms with Gasteiger partial charge in [-0.2, -0.15) is 0 Å². The van der Waals surface area contributed by atoms with E-state index >= 15 is 0 Å². The first-order valence-electron chi connectivity index (χ1n) is 7.50. The van der Waals surface area contributed by atoms with E-state index < -0.39 is 10.0 Å². The van der Waals surface area contributed by atoms with Crippen LogP contribution in [0.2, 0.25) is 0 Å². The lowest BCUT2D eigenvalue weighted by Gasteiger charge is -2.19. The maximum Gasteiger partial charge on any atom is 0.240 e. The lowest BCUT2D eigenvalue weighted by atomic mass is 10.0. The molecule has 2 aliphatic rings. The summed E-state index contributed by atoms with van der Waals surface area (Å²) in [6, 6.07) is 5.35. The van der Waals surface area contributed by atoms with Crippen LogP contribution in [-0.4, -0.2) is 34.2 Å². The minimum Gasteiger partial charge on any atom is -0.385 e. The zero-order chi connectivity index (χ0) is 14.9. The number of rotatable bonds is 4. The second-order valence-corrected chi connectivity index (χ2v) is 7.55. The molecule has 0 spiro atoms. The minimum atomic E-state index is -3.45. The summed E-state index contributed by atoms with van der Waals surface area (Å²) in [5.41, 5.74) is 2.14. The minimum absolute atomic E-state index is 0.0241. The summed E-state index contributed by atoms with van der Waals surface area (Å²) < 4.78 is 33.1. The highest BCUT2D eigenvalue weighted by molar-refractivity contribution is 7.89. The quantitative estimate of drug-likeness (QED) is 0.891. The Labute approximate surface area is 126 Å². The van der Waals surface area contributed by atoms with E-state index in [0.717, 1.165) is 44.3 Å². The Hall–Kier alpha value is -1.11. The molecule has 2 atom stereocenters. The second kappa shape index (κ2) is 5.94. The van der Waals surface area contributed by atoms with Gasteiger partial charge in [-0.15, -0.1) is 0 Å². The smallest absolute Gasteiger partial charge is 0.240 e. The lowest BCUT2D eigenvalue weighted by molar-refractivity contribution is 0.107. The molecule has 2 unspecified atom stereocenters. The first kappa shape index (κ1) is 14.8. The molecule has 3 rings (SSSR count). The van der Waals surface area contributed by atoms with Crippen molar-refractivity contribution in [3.05, 3.63) is 23.8 Å². The molecular formula is C15H22N2O3S. The standard InChI is InChI=1S/C15H22N2O3S/c1-20-13-6-5-12(9-13)17-21(18,19)14-7-4-11-3-2-8-16-15(11)10-14/h4,7,10,12-13,16-17H,2-3,5-6,8-9H2,1H3. The van der Waals surface area contributed by atoms with Crippen molar-refractivity contribution in [3.8, 4) is 0 Å². The molecule has 2 N–H and O–H groups in total. The van der Waals surface area contributed by atoms with E-state index in [1.807, 2.05) is 6.07 Å². The van der Waals surface area contributed by atoms with Crippen molar-refractivity contribution in [2.24, 2.45) is 0 Å². The Balaban J connectivity index is 1.76. The van der Waals surface area contributed by atoms with Crippen molar-refractivity contribution in [2.45, 2.75) is 49.1 Å². The number of fused-ring (bicyclic) bond motifs is 1. The summed E-state index contributed by atoms with van der Waals surface area (Å²) in [6.07, 6.45) is 4.77. The van der Waals surface area contributed by atoms with E-state index in [9.17, 15) is 8.42 Å². The number of aryl methyl sites for hydroxylation is 1. The van der Waals surface area contributed by atoms with Crippen LogP contribution in [0.5, 0.6) is 0 Å². The molecule has 0 saturated heterocycles. The number of hydrogen-bond acceptors (Lipinski definition) is 4. The molecule has 1 fully saturated rings. The van der Waals surface area contributed by atoms with Crippen molar-refractivity contribution >= 4 is 15.7 Å². The van der Waals surface area contributed by atoms with Crippen LogP contribution in [0, 0.1) is 0 Å². The Morgan fingerprint density at radius 2 is 2.19 bits per heavy atom. The Kier molecular flexibility index (Phi) is 4.19. The molecule has 0 aromatic heterocycles. The molecular weight excluding hydrogens is 288 g/mol. The fourth-order valence-corrected chi connectivity index (χ4v) is 4.47. The number of hydrogen-bond donors (Lipinski definition) is 2. The van der Waals surface area contributed by atoms with Gasteiger partial charge in [0.25, 0.3) is 0 Å². The number of nitrogens with one attached hydrogen (secondary N) is 2. The van der Waals surface area contributed by atoms with E-state index in [1.54, 1.807) is 19.2 Å². The SMILES string of the molecule is COC1CCC(NS(=O)(=O)c2ccc3c(c2)NCCC3)C1. The summed E-state index contributed by atoms with van der Waals surface area (Å²) in [4.78, 5) is 0.344. The number of anilines is 1. The fraction of sp³-hybridized carbons (Fsp3) is 0.600. The van der Waals surface area contributed by atoms with Gasteiger partial charge in [0.15, 0.2) is 0 Å². The summed E-state index contributed by atoms with van der Waals surface area (Å²) in [5, 5.41) is 3.27. The van der Waals surface area contributed by atoms with Crippen molar-refractivity contribution in [1.82, 2.24) is 4.72 Å². The molecule has 0 bridgehead atoms. The highest BCUT2D eigenvalue weighted by Gasteiger charge is 2.29. The van der Waals surface area contributed by atoms with E-state index in [2.05, 4.69) is 10.0 Å². The molecule has 21 heavy (non-hydrogen) atoms. The molecule has 0 radical (unpaired) electrons. The van der Waals surface area contributed by atoms with Gasteiger partial charge in [0.1, 0.15) is 0 Å². The van der Waals surface area contributed by atoms with Crippen molar-refractivity contribution in [3.63, 3.8) is 0 Å². The first-order valence-corrected chi connectivity index (χ1v) is 8.99. The average Bonchev–Trinajstić information content (AvgIpc) is 2.93. The Morgan fingerprint density at radius 1 is 1.33 bits per heavy atom. The maximum absolute atomic E-state index is 12.5. The Morgan fingerprint density at radius 3 is 2.95 bits per heavy atom. The van der Waals surface area contributed by atoms with Crippen LogP contribution >= 0.6 is 0 Å². The van der Waals surface area contributed by atoms with Gasteiger partial charge < -0.3 is 10.1 Å². The topological polar surface area (TPSA) is 67.4 Å². The van der Waals surface area contributed by atoms with Crippen LogP contribution in [0.1, 0.15) is 31.2 Å². The van der Waals surface area contributed by atoms with Gasteiger partial charge in [0.2, 0.25) is 10.0 Å². The van der Waals surface area contributed by atoms with Gasteiger partial charge in [0, 0.05) is 25.4 Å². The van der Waals surface area contributed by atoms with Gasteiger partial charge in [0.05, 0.1) is 11.0 Å². The molecule has 1 aromatic carbocycles. The highest BCUT2D eigenvalue weighted by atomic mass is 32.2. The predicted octanol–water partition coefficient (Wildman–Crippen LogP) is 1.89. The Bertz CT molecular complexity index is 615. The molecule has 0 amide bonds. The molecule has 1 aliphatic heterocycles. The zero-order valence-electron chi connectivity index (χ0n) is 12.3. The molecule has 116 valence electrons. The van der Waals surface area contributed by atoms with E-state index in [-0.39, 0.29) is 12.1 Å². The lowest BCUT2D eigenvalue weighted by Crippen LogP contribution is -2.33. The molecule has 1 saturated carbocycles. The number of sulfonamides is 1. The van der Waals surface area contributed by atoms with Crippen LogP contribution < -0.4 is 10.0 Å². The van der Waals surface area contributed by atoms with Gasteiger partial charge in [-0.3, -0.25) is 0 Å². The molecule has 1 aromatic rings. The summed E-state index contributed by atoms with van der Waals surface area (Å²) in [7, 11) is -1.78. The van der Waals surface area contributed by atoms with Crippen LogP contribution in [-0.2, 0) is 21.2 Å². The van der Waals surface area contributed by atoms with Crippen LogP contribution in [0.25, 0.3) is 0 Å². The third-order valence-corrected chi connectivity index (χ3v) is 5.89. The van der Waals surface area contributed by atoms with Gasteiger partial charge >= 0.3 is 0 Å². The number of ether oxygens (including phenoxy) is 1. The molecule has 5 nitrogen and oxygen atoms in total. The van der Waals surface area contributed by atoms with Crippen LogP contribution in [0.15, 0.2) is 23.1 Å². The first-order chi connectivity index (χ1) is 10.1. The van der Waals surface area contributed by atoms with Crippen molar-refractivity contribution in [1.29, 1.82) is 0 Å². The highest BCUT2D eigenvalue weighted by Crippen LogP contribution is 2.27. The average molecular weight is 310 g/mol. The summed E-state index contributed by atoms with van der Waals surface area (Å²) in [5.74, 6) is 0. The molecule has 1 aliphatic carbocycles. The van der Waals surface area contributed by atoms with Gasteiger partial charge in [-0.25, -0.2) is 13.1 Å². The normalized spacial score (nSPS) is 25.4. The largest absolute Gasteiger partial charge is 0.385 e. The van der Waals surface area contributed by atoms with Gasteiger partial charge in [-0.05, 0) is 49.8 Å². The zero-order valence-corrected chi connectivity index (χ0v) is 13.1. The van der Waals surface area contributed by atoms with Crippen molar-refractivity contribution < 1.29 is 13.2 Å². The third-order valence-electron chi connectivity index (χ3n) is 4.37. The van der Waals surface area contributed by atoms with Crippen molar-refractivity contribution in [2.75, 3.05) is 19.0 Å².